The maximum absolute atomic E-state index is 12.3. The van der Waals surface area contributed by atoms with Gasteiger partial charge in [0.1, 0.15) is 11.4 Å². The van der Waals surface area contributed by atoms with Crippen molar-refractivity contribution in [2.75, 3.05) is 5.32 Å². The van der Waals surface area contributed by atoms with E-state index in [1.165, 1.54) is 18.6 Å². The van der Waals surface area contributed by atoms with Crippen LogP contribution in [0.15, 0.2) is 73.2 Å². The maximum atomic E-state index is 12.3. The Labute approximate surface area is 148 Å². The van der Waals surface area contributed by atoms with Gasteiger partial charge in [0.15, 0.2) is 0 Å². The molecule has 0 bridgehead atoms. The van der Waals surface area contributed by atoms with E-state index in [9.17, 15) is 4.79 Å². The minimum atomic E-state index is -0.386. The molecule has 1 amide bonds. The zero-order valence-corrected chi connectivity index (χ0v) is 13.5. The lowest BCUT2D eigenvalue weighted by molar-refractivity contribution is 0.102. The third kappa shape index (κ3) is 3.46. The summed E-state index contributed by atoms with van der Waals surface area (Å²) < 4.78 is 5.51. The van der Waals surface area contributed by atoms with E-state index >= 15 is 0 Å². The predicted molar refractivity (Wildman–Crippen MR) is 96.0 cm³/mol. The summed E-state index contributed by atoms with van der Waals surface area (Å²) in [6, 6.07) is 16.8. The van der Waals surface area contributed by atoms with Crippen molar-refractivity contribution in [2.24, 2.45) is 0 Å². The van der Waals surface area contributed by atoms with Crippen LogP contribution >= 0.6 is 0 Å². The van der Waals surface area contributed by atoms with Crippen molar-refractivity contribution in [3.05, 3.63) is 78.9 Å². The zero-order chi connectivity index (χ0) is 17.8. The first kappa shape index (κ1) is 15.6. The Kier molecular flexibility index (Phi) is 4.17. The second kappa shape index (κ2) is 6.94. The first-order valence-corrected chi connectivity index (χ1v) is 7.86. The molecule has 0 aliphatic carbocycles. The number of nitrogens with one attached hydrogen (secondary N) is 1. The Morgan fingerprint density at radius 2 is 1.50 bits per heavy atom. The summed E-state index contributed by atoms with van der Waals surface area (Å²) in [4.78, 5) is 29.0. The van der Waals surface area contributed by atoms with Gasteiger partial charge in [-0.05, 0) is 24.3 Å². The molecule has 0 fully saturated rings. The standard InChI is InChI=1S/C19H13N5O2/c25-18(17-12-20-15-8-4-5-9-16(15)24-17)23-13-10-21-19(22-11-13)26-14-6-2-1-3-7-14/h1-12H,(H,23,25). The molecule has 7 heteroatoms. The van der Waals surface area contributed by atoms with Gasteiger partial charge in [0.05, 0.1) is 35.3 Å². The molecule has 0 saturated heterocycles. The summed E-state index contributed by atoms with van der Waals surface area (Å²) in [6.07, 6.45) is 4.38. The van der Waals surface area contributed by atoms with Crippen molar-refractivity contribution < 1.29 is 9.53 Å². The fourth-order valence-electron chi connectivity index (χ4n) is 2.29. The molecule has 0 radical (unpaired) electrons. The SMILES string of the molecule is O=C(Nc1cnc(Oc2ccccc2)nc1)c1cnc2ccccc2n1. The number of ether oxygens (including phenoxy) is 1. The Bertz CT molecular complexity index is 1050. The number of aromatic nitrogens is 4. The summed E-state index contributed by atoms with van der Waals surface area (Å²) in [5.41, 5.74) is 2.04. The maximum Gasteiger partial charge on any atom is 0.322 e. The van der Waals surface area contributed by atoms with E-state index < -0.39 is 0 Å². The number of hydrogen-bond acceptors (Lipinski definition) is 6. The molecule has 0 spiro atoms. The van der Waals surface area contributed by atoms with Crippen LogP contribution in [0.2, 0.25) is 0 Å². The molecule has 4 aromatic rings. The predicted octanol–water partition coefficient (Wildman–Crippen LogP) is 3.46. The molecule has 0 saturated carbocycles. The van der Waals surface area contributed by atoms with E-state index in [0.717, 1.165) is 5.52 Å². The lowest BCUT2D eigenvalue weighted by atomic mass is 10.3. The zero-order valence-electron chi connectivity index (χ0n) is 13.5. The molecule has 26 heavy (non-hydrogen) atoms. The number of benzene rings is 2. The minimum Gasteiger partial charge on any atom is -0.424 e. The van der Waals surface area contributed by atoms with Gasteiger partial charge in [-0.2, -0.15) is 0 Å². The van der Waals surface area contributed by atoms with Gasteiger partial charge < -0.3 is 10.1 Å². The highest BCUT2D eigenvalue weighted by atomic mass is 16.5. The van der Waals surface area contributed by atoms with Crippen LogP contribution in [0.4, 0.5) is 5.69 Å². The van der Waals surface area contributed by atoms with E-state index in [1.807, 2.05) is 36.4 Å². The molecule has 0 aliphatic rings. The molecule has 4 rings (SSSR count). The topological polar surface area (TPSA) is 89.9 Å². The smallest absolute Gasteiger partial charge is 0.322 e. The summed E-state index contributed by atoms with van der Waals surface area (Å²) in [7, 11) is 0. The molecular formula is C19H13N5O2. The average molecular weight is 343 g/mol. The monoisotopic (exact) mass is 343 g/mol. The molecule has 2 aromatic carbocycles. The molecule has 0 unspecified atom stereocenters. The normalized spacial score (nSPS) is 10.5. The number of rotatable bonds is 4. The largest absolute Gasteiger partial charge is 0.424 e. The van der Waals surface area contributed by atoms with Gasteiger partial charge in [0.25, 0.3) is 5.91 Å². The van der Waals surface area contributed by atoms with Crippen molar-refractivity contribution in [3.63, 3.8) is 0 Å². The quantitative estimate of drug-likeness (QED) is 0.610. The fraction of sp³-hybridized carbons (Fsp3) is 0. The average Bonchev–Trinajstić information content (AvgIpc) is 2.70. The Hall–Kier alpha value is -3.87. The van der Waals surface area contributed by atoms with Crippen LogP contribution in [0.1, 0.15) is 10.5 Å². The van der Waals surface area contributed by atoms with Crippen molar-refractivity contribution in [1.82, 2.24) is 19.9 Å². The van der Waals surface area contributed by atoms with Gasteiger partial charge in [0, 0.05) is 0 Å². The molecule has 2 heterocycles. The van der Waals surface area contributed by atoms with Gasteiger partial charge in [-0.15, -0.1) is 0 Å². The highest BCUT2D eigenvalue weighted by molar-refractivity contribution is 6.03. The highest BCUT2D eigenvalue weighted by Gasteiger charge is 2.10. The van der Waals surface area contributed by atoms with E-state index in [0.29, 0.717) is 17.0 Å². The molecule has 0 aliphatic heterocycles. The number of nitrogens with zero attached hydrogens (tertiary/aromatic N) is 4. The van der Waals surface area contributed by atoms with E-state index in [1.54, 1.807) is 18.2 Å². The Balaban J connectivity index is 1.46. The van der Waals surface area contributed by atoms with Crippen molar-refractivity contribution >= 4 is 22.6 Å². The third-order valence-corrected chi connectivity index (χ3v) is 3.52. The summed E-state index contributed by atoms with van der Waals surface area (Å²) in [5, 5.41) is 2.69. The highest BCUT2D eigenvalue weighted by Crippen LogP contribution is 2.17. The Morgan fingerprint density at radius 1 is 0.808 bits per heavy atom. The van der Waals surface area contributed by atoms with Gasteiger partial charge in [-0.1, -0.05) is 30.3 Å². The third-order valence-electron chi connectivity index (χ3n) is 3.52. The number of carbonyl (C=O) groups is 1. The second-order valence-corrected chi connectivity index (χ2v) is 5.37. The van der Waals surface area contributed by atoms with Gasteiger partial charge in [-0.3, -0.25) is 9.78 Å². The van der Waals surface area contributed by atoms with Crippen LogP contribution in [0.3, 0.4) is 0 Å². The minimum absolute atomic E-state index is 0.194. The summed E-state index contributed by atoms with van der Waals surface area (Å²) in [5.74, 6) is 0.249. The van der Waals surface area contributed by atoms with Crippen LogP contribution in [0, 0.1) is 0 Å². The van der Waals surface area contributed by atoms with E-state index in [2.05, 4.69) is 25.3 Å². The van der Waals surface area contributed by atoms with Crippen molar-refractivity contribution in [2.45, 2.75) is 0 Å². The number of carbonyl (C=O) groups excluding carboxylic acids is 1. The van der Waals surface area contributed by atoms with Crippen LogP contribution in [-0.4, -0.2) is 25.8 Å². The van der Waals surface area contributed by atoms with Crippen LogP contribution in [-0.2, 0) is 0 Å². The number of anilines is 1. The van der Waals surface area contributed by atoms with Crippen LogP contribution < -0.4 is 10.1 Å². The molecule has 126 valence electrons. The molecule has 0 atom stereocenters. The molecule has 7 nitrogen and oxygen atoms in total. The van der Waals surface area contributed by atoms with Crippen LogP contribution in [0.25, 0.3) is 11.0 Å². The summed E-state index contributed by atoms with van der Waals surface area (Å²) in [6.45, 7) is 0. The molecule has 1 N–H and O–H groups in total. The Morgan fingerprint density at radius 3 is 2.27 bits per heavy atom. The van der Waals surface area contributed by atoms with E-state index in [-0.39, 0.29) is 17.6 Å². The summed E-state index contributed by atoms with van der Waals surface area (Å²) >= 11 is 0. The first-order valence-electron chi connectivity index (χ1n) is 7.86. The first-order chi connectivity index (χ1) is 12.8. The fourth-order valence-corrected chi connectivity index (χ4v) is 2.29. The number of amides is 1. The van der Waals surface area contributed by atoms with Gasteiger partial charge in [0.2, 0.25) is 0 Å². The van der Waals surface area contributed by atoms with E-state index in [4.69, 9.17) is 4.74 Å². The second-order valence-electron chi connectivity index (χ2n) is 5.37. The molecular weight excluding hydrogens is 330 g/mol. The lowest BCUT2D eigenvalue weighted by Crippen LogP contribution is -2.14. The van der Waals surface area contributed by atoms with Gasteiger partial charge >= 0.3 is 6.01 Å². The molecule has 2 aromatic heterocycles. The number of para-hydroxylation sites is 3. The van der Waals surface area contributed by atoms with Gasteiger partial charge in [-0.25, -0.2) is 15.0 Å². The van der Waals surface area contributed by atoms with Crippen molar-refractivity contribution in [1.29, 1.82) is 0 Å². The number of hydrogen-bond donors (Lipinski definition) is 1. The van der Waals surface area contributed by atoms with Crippen molar-refractivity contribution in [3.8, 4) is 11.8 Å². The number of fused-ring (bicyclic) bond motifs is 1. The lowest BCUT2D eigenvalue weighted by Gasteiger charge is -2.06. The van der Waals surface area contributed by atoms with Crippen LogP contribution in [0.5, 0.6) is 11.8 Å².